The van der Waals surface area contributed by atoms with Crippen molar-refractivity contribution < 1.29 is 4.74 Å². The van der Waals surface area contributed by atoms with Gasteiger partial charge < -0.3 is 10.1 Å². The summed E-state index contributed by atoms with van der Waals surface area (Å²) in [7, 11) is 0. The van der Waals surface area contributed by atoms with Crippen molar-refractivity contribution in [3.8, 4) is 0 Å². The first-order valence-corrected chi connectivity index (χ1v) is 6.13. The summed E-state index contributed by atoms with van der Waals surface area (Å²) in [6, 6.07) is 0. The maximum atomic E-state index is 5.39. The number of rotatable bonds is 10. The summed E-state index contributed by atoms with van der Waals surface area (Å²) in [6.07, 6.45) is 5.04. The van der Waals surface area contributed by atoms with Gasteiger partial charge in [-0.25, -0.2) is 0 Å². The van der Waals surface area contributed by atoms with Gasteiger partial charge >= 0.3 is 0 Å². The van der Waals surface area contributed by atoms with Crippen molar-refractivity contribution in [3.05, 3.63) is 0 Å². The van der Waals surface area contributed by atoms with Crippen molar-refractivity contribution in [2.45, 2.75) is 46.5 Å². The molecule has 86 valence electrons. The van der Waals surface area contributed by atoms with Crippen LogP contribution in [0.2, 0.25) is 0 Å². The van der Waals surface area contributed by atoms with E-state index in [9.17, 15) is 0 Å². The van der Waals surface area contributed by atoms with E-state index in [1.54, 1.807) is 0 Å². The van der Waals surface area contributed by atoms with Gasteiger partial charge in [0.05, 0.1) is 0 Å². The molecule has 1 unspecified atom stereocenters. The van der Waals surface area contributed by atoms with Crippen molar-refractivity contribution in [3.63, 3.8) is 0 Å². The molecule has 0 aliphatic heterocycles. The second kappa shape index (κ2) is 11.0. The fraction of sp³-hybridized carbons (Fsp3) is 1.00. The highest BCUT2D eigenvalue weighted by Crippen LogP contribution is 2.10. The lowest BCUT2D eigenvalue weighted by Crippen LogP contribution is -2.24. The molecule has 1 atom stereocenters. The first-order valence-electron chi connectivity index (χ1n) is 6.13. The number of hydrogen-bond donors (Lipinski definition) is 1. The van der Waals surface area contributed by atoms with Gasteiger partial charge in [-0.1, -0.05) is 20.3 Å². The molecule has 0 aromatic rings. The van der Waals surface area contributed by atoms with Crippen LogP contribution < -0.4 is 5.32 Å². The van der Waals surface area contributed by atoms with Crippen LogP contribution in [0.25, 0.3) is 0 Å². The Bertz CT molecular complexity index is 96.5. The van der Waals surface area contributed by atoms with Crippen LogP contribution in [-0.4, -0.2) is 26.3 Å². The van der Waals surface area contributed by atoms with E-state index in [2.05, 4.69) is 26.1 Å². The fourth-order valence-electron chi connectivity index (χ4n) is 1.63. The zero-order valence-electron chi connectivity index (χ0n) is 10.1. The number of ether oxygens (including phenoxy) is 1. The summed E-state index contributed by atoms with van der Waals surface area (Å²) in [6.45, 7) is 10.6. The maximum absolute atomic E-state index is 5.39. The topological polar surface area (TPSA) is 21.3 Å². The minimum atomic E-state index is 0.804. The molecule has 0 aliphatic carbocycles. The van der Waals surface area contributed by atoms with Crippen LogP contribution in [0.15, 0.2) is 0 Å². The van der Waals surface area contributed by atoms with Crippen LogP contribution in [-0.2, 0) is 4.74 Å². The molecule has 2 heteroatoms. The molecule has 0 aromatic carbocycles. The van der Waals surface area contributed by atoms with Gasteiger partial charge in [-0.2, -0.15) is 0 Å². The SMILES string of the molecule is CCCNCC(CCC)CCOCC. The standard InChI is InChI=1S/C12H27NO/c1-4-7-12(8-10-14-6-3)11-13-9-5-2/h12-13H,4-11H2,1-3H3. The molecule has 1 N–H and O–H groups in total. The summed E-state index contributed by atoms with van der Waals surface area (Å²) < 4.78 is 5.39. The summed E-state index contributed by atoms with van der Waals surface area (Å²) in [5.41, 5.74) is 0. The molecule has 2 nitrogen and oxygen atoms in total. The number of hydrogen-bond acceptors (Lipinski definition) is 2. The lowest BCUT2D eigenvalue weighted by molar-refractivity contribution is 0.130. The second-order valence-corrected chi connectivity index (χ2v) is 3.84. The Morgan fingerprint density at radius 2 is 1.86 bits per heavy atom. The molecule has 14 heavy (non-hydrogen) atoms. The Morgan fingerprint density at radius 3 is 2.43 bits per heavy atom. The average molecular weight is 201 g/mol. The van der Waals surface area contributed by atoms with E-state index in [0.29, 0.717) is 0 Å². The summed E-state index contributed by atoms with van der Waals surface area (Å²) in [4.78, 5) is 0. The van der Waals surface area contributed by atoms with Gasteiger partial charge in [0.1, 0.15) is 0 Å². The monoisotopic (exact) mass is 201 g/mol. The van der Waals surface area contributed by atoms with E-state index < -0.39 is 0 Å². The normalized spacial score (nSPS) is 13.1. The molecular formula is C12H27NO. The highest BCUT2D eigenvalue weighted by Gasteiger charge is 2.06. The molecule has 0 spiro atoms. The largest absolute Gasteiger partial charge is 0.382 e. The van der Waals surface area contributed by atoms with Gasteiger partial charge in [0, 0.05) is 13.2 Å². The molecule has 0 bridgehead atoms. The highest BCUT2D eigenvalue weighted by molar-refractivity contribution is 4.61. The van der Waals surface area contributed by atoms with Gasteiger partial charge in [0.2, 0.25) is 0 Å². The summed E-state index contributed by atoms with van der Waals surface area (Å²) in [5.74, 6) is 0.804. The third-order valence-corrected chi connectivity index (χ3v) is 2.43. The van der Waals surface area contributed by atoms with E-state index in [1.807, 2.05) is 0 Å². The minimum Gasteiger partial charge on any atom is -0.382 e. The Hall–Kier alpha value is -0.0800. The molecule has 0 aliphatic rings. The average Bonchev–Trinajstić information content (AvgIpc) is 2.18. The van der Waals surface area contributed by atoms with Gasteiger partial charge in [-0.3, -0.25) is 0 Å². The molecule has 0 fully saturated rings. The van der Waals surface area contributed by atoms with E-state index in [-0.39, 0.29) is 0 Å². The van der Waals surface area contributed by atoms with Gasteiger partial charge in [0.25, 0.3) is 0 Å². The third kappa shape index (κ3) is 8.52. The van der Waals surface area contributed by atoms with Crippen LogP contribution >= 0.6 is 0 Å². The van der Waals surface area contributed by atoms with Crippen molar-refractivity contribution in [2.24, 2.45) is 5.92 Å². The predicted molar refractivity (Wildman–Crippen MR) is 62.7 cm³/mol. The van der Waals surface area contributed by atoms with Crippen LogP contribution in [0.1, 0.15) is 46.5 Å². The molecular weight excluding hydrogens is 174 g/mol. The van der Waals surface area contributed by atoms with Crippen LogP contribution in [0.3, 0.4) is 0 Å². The van der Waals surface area contributed by atoms with E-state index >= 15 is 0 Å². The van der Waals surface area contributed by atoms with E-state index in [1.165, 1.54) is 25.7 Å². The minimum absolute atomic E-state index is 0.804. The maximum Gasteiger partial charge on any atom is 0.0469 e. The van der Waals surface area contributed by atoms with E-state index in [4.69, 9.17) is 4.74 Å². The smallest absolute Gasteiger partial charge is 0.0469 e. The van der Waals surface area contributed by atoms with Crippen molar-refractivity contribution in [2.75, 3.05) is 26.3 Å². The summed E-state index contributed by atoms with van der Waals surface area (Å²) >= 11 is 0. The van der Waals surface area contributed by atoms with Gasteiger partial charge in [-0.05, 0) is 45.2 Å². The van der Waals surface area contributed by atoms with Crippen molar-refractivity contribution >= 4 is 0 Å². The second-order valence-electron chi connectivity index (χ2n) is 3.84. The zero-order chi connectivity index (χ0) is 10.6. The first kappa shape index (κ1) is 13.9. The molecule has 0 saturated carbocycles. The Balaban J connectivity index is 3.44. The quantitative estimate of drug-likeness (QED) is 0.549. The first-order chi connectivity index (χ1) is 6.85. The molecule has 0 heterocycles. The Kier molecular flexibility index (Phi) is 10.9. The zero-order valence-corrected chi connectivity index (χ0v) is 10.1. The van der Waals surface area contributed by atoms with Crippen LogP contribution in [0, 0.1) is 5.92 Å². The van der Waals surface area contributed by atoms with Gasteiger partial charge in [0.15, 0.2) is 0 Å². The fourth-order valence-corrected chi connectivity index (χ4v) is 1.63. The Morgan fingerprint density at radius 1 is 1.07 bits per heavy atom. The molecule has 0 aromatic heterocycles. The van der Waals surface area contributed by atoms with Crippen LogP contribution in [0.5, 0.6) is 0 Å². The molecule has 0 amide bonds. The third-order valence-electron chi connectivity index (χ3n) is 2.43. The Labute approximate surface area is 89.4 Å². The number of nitrogens with one attached hydrogen (secondary N) is 1. The highest BCUT2D eigenvalue weighted by atomic mass is 16.5. The molecule has 0 saturated heterocycles. The predicted octanol–water partition coefficient (Wildman–Crippen LogP) is 2.83. The van der Waals surface area contributed by atoms with Crippen LogP contribution in [0.4, 0.5) is 0 Å². The van der Waals surface area contributed by atoms with Crippen molar-refractivity contribution in [1.82, 2.24) is 5.32 Å². The molecule has 0 rings (SSSR count). The van der Waals surface area contributed by atoms with E-state index in [0.717, 1.165) is 32.2 Å². The lowest BCUT2D eigenvalue weighted by Gasteiger charge is -2.16. The lowest BCUT2D eigenvalue weighted by atomic mass is 10.0. The molecule has 0 radical (unpaired) electrons. The summed E-state index contributed by atoms with van der Waals surface area (Å²) in [5, 5.41) is 3.49. The van der Waals surface area contributed by atoms with Gasteiger partial charge in [-0.15, -0.1) is 0 Å². The van der Waals surface area contributed by atoms with Crippen molar-refractivity contribution in [1.29, 1.82) is 0 Å².